The van der Waals surface area contributed by atoms with Gasteiger partial charge in [0.15, 0.2) is 0 Å². The van der Waals surface area contributed by atoms with Gasteiger partial charge in [-0.3, -0.25) is 4.79 Å². The van der Waals surface area contributed by atoms with E-state index in [4.69, 9.17) is 13.3 Å². The molecule has 0 spiro atoms. The largest absolute Gasteiger partial charge is 0.503 e. The van der Waals surface area contributed by atoms with Crippen molar-refractivity contribution in [1.29, 1.82) is 0 Å². The first-order valence-corrected chi connectivity index (χ1v) is 11.7. The molecule has 0 radical (unpaired) electrons. The Morgan fingerprint density at radius 1 is 1.00 bits per heavy atom. The van der Waals surface area contributed by atoms with E-state index in [0.717, 1.165) is 30.0 Å². The highest BCUT2D eigenvalue weighted by Crippen LogP contribution is 2.31. The summed E-state index contributed by atoms with van der Waals surface area (Å²) in [6.45, 7) is 8.21. The standard InChI is InChI=1S/C23H32N2O4Si/c1-18(2)23(26)24-20-12-14-22(15-13-20)25(21-10-8-7-9-11-21)17-16-19(3)30(27-4,28-5)29-6/h7-15,19H,1,16-17H2,2-6H3,(H,24,26). The number of hydrogen-bond donors (Lipinski definition) is 1. The third-order valence-electron chi connectivity index (χ3n) is 5.14. The molecule has 0 bridgehead atoms. The summed E-state index contributed by atoms with van der Waals surface area (Å²) in [7, 11) is 2.21. The van der Waals surface area contributed by atoms with E-state index in [1.54, 1.807) is 28.3 Å². The molecule has 1 amide bonds. The molecular weight excluding hydrogens is 396 g/mol. The van der Waals surface area contributed by atoms with Gasteiger partial charge in [0.2, 0.25) is 0 Å². The molecule has 30 heavy (non-hydrogen) atoms. The van der Waals surface area contributed by atoms with Crippen molar-refractivity contribution < 1.29 is 18.1 Å². The molecule has 1 atom stereocenters. The molecule has 2 rings (SSSR count). The second-order valence-corrected chi connectivity index (χ2v) is 10.6. The molecule has 162 valence electrons. The number of nitrogens with one attached hydrogen (secondary N) is 1. The van der Waals surface area contributed by atoms with E-state index in [9.17, 15) is 4.79 Å². The summed E-state index contributed by atoms with van der Waals surface area (Å²) in [6.07, 6.45) is 0.824. The van der Waals surface area contributed by atoms with Gasteiger partial charge in [-0.25, -0.2) is 0 Å². The number of rotatable bonds is 11. The fraction of sp³-hybridized carbons (Fsp3) is 0.348. The molecule has 1 N–H and O–H groups in total. The Morgan fingerprint density at radius 2 is 1.53 bits per heavy atom. The highest BCUT2D eigenvalue weighted by atomic mass is 28.4. The van der Waals surface area contributed by atoms with Crippen molar-refractivity contribution in [3.63, 3.8) is 0 Å². The van der Waals surface area contributed by atoms with E-state index >= 15 is 0 Å². The molecule has 0 heterocycles. The molecule has 2 aromatic rings. The van der Waals surface area contributed by atoms with E-state index in [0.29, 0.717) is 5.57 Å². The number of carbonyl (C=O) groups is 1. The van der Waals surface area contributed by atoms with Crippen LogP contribution in [0.15, 0.2) is 66.7 Å². The second kappa shape index (κ2) is 11.1. The zero-order chi connectivity index (χ0) is 22.1. The molecule has 0 fully saturated rings. The van der Waals surface area contributed by atoms with Gasteiger partial charge in [-0.05, 0) is 49.7 Å². The maximum absolute atomic E-state index is 11.9. The van der Waals surface area contributed by atoms with Crippen LogP contribution in [0.3, 0.4) is 0 Å². The average molecular weight is 429 g/mol. The summed E-state index contributed by atoms with van der Waals surface area (Å²) in [5.74, 6) is -0.184. The summed E-state index contributed by atoms with van der Waals surface area (Å²) in [6, 6.07) is 18.0. The predicted molar refractivity (Wildman–Crippen MR) is 124 cm³/mol. The molecule has 0 aromatic heterocycles. The molecule has 0 saturated heterocycles. The molecule has 7 heteroatoms. The van der Waals surface area contributed by atoms with Crippen LogP contribution >= 0.6 is 0 Å². The molecular formula is C23H32N2O4Si. The van der Waals surface area contributed by atoms with E-state index < -0.39 is 8.80 Å². The number of hydrogen-bond acceptors (Lipinski definition) is 5. The van der Waals surface area contributed by atoms with Gasteiger partial charge in [0.05, 0.1) is 0 Å². The van der Waals surface area contributed by atoms with Gasteiger partial charge in [0, 0.05) is 56.1 Å². The van der Waals surface area contributed by atoms with Crippen LogP contribution in [-0.4, -0.2) is 42.6 Å². The maximum Gasteiger partial charge on any atom is 0.503 e. The van der Waals surface area contributed by atoms with E-state index in [1.807, 2.05) is 42.5 Å². The smallest absolute Gasteiger partial charge is 0.377 e. The first kappa shape index (κ1) is 23.8. The minimum Gasteiger partial charge on any atom is -0.377 e. The summed E-state index contributed by atoms with van der Waals surface area (Å²) < 4.78 is 16.9. The van der Waals surface area contributed by atoms with Crippen LogP contribution in [0.2, 0.25) is 5.54 Å². The third-order valence-corrected chi connectivity index (χ3v) is 8.34. The lowest BCUT2D eigenvalue weighted by atomic mass is 10.2. The van der Waals surface area contributed by atoms with Crippen molar-refractivity contribution in [3.8, 4) is 0 Å². The van der Waals surface area contributed by atoms with Gasteiger partial charge in [-0.15, -0.1) is 0 Å². The highest BCUT2D eigenvalue weighted by molar-refractivity contribution is 6.62. The van der Waals surface area contributed by atoms with Crippen LogP contribution in [0.25, 0.3) is 0 Å². The van der Waals surface area contributed by atoms with Crippen molar-refractivity contribution in [2.24, 2.45) is 0 Å². The fourth-order valence-corrected chi connectivity index (χ4v) is 5.52. The Labute approximate surface area is 180 Å². The fourth-order valence-electron chi connectivity index (χ4n) is 3.33. The van der Waals surface area contributed by atoms with Gasteiger partial charge in [0.1, 0.15) is 0 Å². The minimum atomic E-state index is -2.71. The van der Waals surface area contributed by atoms with Crippen molar-refractivity contribution >= 4 is 31.8 Å². The summed E-state index contributed by atoms with van der Waals surface area (Å²) in [5, 5.41) is 2.84. The van der Waals surface area contributed by atoms with Gasteiger partial charge in [-0.2, -0.15) is 0 Å². The van der Waals surface area contributed by atoms with E-state index in [1.165, 1.54) is 0 Å². The zero-order valence-electron chi connectivity index (χ0n) is 18.5. The van der Waals surface area contributed by atoms with Crippen molar-refractivity contribution in [3.05, 3.63) is 66.7 Å². The Morgan fingerprint density at radius 3 is 2.03 bits per heavy atom. The number of anilines is 3. The second-order valence-electron chi connectivity index (χ2n) is 7.17. The van der Waals surface area contributed by atoms with Crippen molar-refractivity contribution in [1.82, 2.24) is 0 Å². The van der Waals surface area contributed by atoms with E-state index in [2.05, 4.69) is 35.9 Å². The number of para-hydroxylation sites is 1. The summed E-state index contributed by atoms with van der Waals surface area (Å²) in [4.78, 5) is 14.1. The Balaban J connectivity index is 2.22. The van der Waals surface area contributed by atoms with Crippen LogP contribution < -0.4 is 10.2 Å². The molecule has 0 aliphatic heterocycles. The van der Waals surface area contributed by atoms with Crippen LogP contribution in [-0.2, 0) is 18.1 Å². The molecule has 6 nitrogen and oxygen atoms in total. The lowest BCUT2D eigenvalue weighted by Gasteiger charge is -2.32. The number of amides is 1. The number of nitrogens with zero attached hydrogens (tertiary/aromatic N) is 1. The first-order chi connectivity index (χ1) is 14.4. The van der Waals surface area contributed by atoms with Crippen molar-refractivity contribution in [2.75, 3.05) is 38.1 Å². The Kier molecular flexibility index (Phi) is 8.80. The van der Waals surface area contributed by atoms with Crippen LogP contribution in [0.1, 0.15) is 20.3 Å². The topological polar surface area (TPSA) is 60.0 Å². The normalized spacial score (nSPS) is 12.3. The highest BCUT2D eigenvalue weighted by Gasteiger charge is 2.44. The SMILES string of the molecule is C=C(C)C(=O)Nc1ccc(N(CCC(C)[Si](OC)(OC)OC)c2ccccc2)cc1. The Bertz CT molecular complexity index is 815. The molecule has 1 unspecified atom stereocenters. The van der Waals surface area contributed by atoms with Gasteiger partial charge in [-0.1, -0.05) is 31.7 Å². The number of benzene rings is 2. The lowest BCUT2D eigenvalue weighted by molar-refractivity contribution is -0.112. The predicted octanol–water partition coefficient (Wildman–Crippen LogP) is 5.00. The quantitative estimate of drug-likeness (QED) is 0.403. The average Bonchev–Trinajstić information content (AvgIpc) is 2.77. The van der Waals surface area contributed by atoms with Crippen LogP contribution in [0, 0.1) is 0 Å². The minimum absolute atomic E-state index is 0.123. The summed E-state index contributed by atoms with van der Waals surface area (Å²) >= 11 is 0. The van der Waals surface area contributed by atoms with Gasteiger partial charge in [0.25, 0.3) is 5.91 Å². The van der Waals surface area contributed by atoms with Crippen LogP contribution in [0.5, 0.6) is 0 Å². The monoisotopic (exact) mass is 428 g/mol. The summed E-state index contributed by atoms with van der Waals surface area (Å²) in [5.41, 5.74) is 3.45. The van der Waals surface area contributed by atoms with Crippen molar-refractivity contribution in [2.45, 2.75) is 25.8 Å². The van der Waals surface area contributed by atoms with Gasteiger partial charge < -0.3 is 23.5 Å². The lowest BCUT2D eigenvalue weighted by Crippen LogP contribution is -2.47. The number of carbonyl (C=O) groups excluding carboxylic acids is 1. The maximum atomic E-state index is 11.9. The molecule has 0 aliphatic rings. The molecule has 2 aromatic carbocycles. The third kappa shape index (κ3) is 5.79. The Hall–Kier alpha value is -2.45. The molecule has 0 saturated carbocycles. The van der Waals surface area contributed by atoms with E-state index in [-0.39, 0.29) is 11.4 Å². The first-order valence-electron chi connectivity index (χ1n) is 9.91. The van der Waals surface area contributed by atoms with Gasteiger partial charge >= 0.3 is 8.80 Å². The molecule has 0 aliphatic carbocycles. The zero-order valence-corrected chi connectivity index (χ0v) is 19.5. The van der Waals surface area contributed by atoms with Crippen LogP contribution in [0.4, 0.5) is 17.1 Å².